The summed E-state index contributed by atoms with van der Waals surface area (Å²) in [4.78, 5) is 7.86. The number of aliphatic hydroxyl groups excluding tert-OH is 1. The van der Waals surface area contributed by atoms with E-state index in [0.29, 0.717) is 6.42 Å². The van der Waals surface area contributed by atoms with Crippen LogP contribution in [0.2, 0.25) is 0 Å². The Bertz CT molecular complexity index is 186. The highest BCUT2D eigenvalue weighted by atomic mass is 16.3. The van der Waals surface area contributed by atoms with Crippen molar-refractivity contribution in [2.45, 2.75) is 19.4 Å². The third-order valence-electron chi connectivity index (χ3n) is 1.12. The third kappa shape index (κ3) is 2.11. The topological polar surface area (TPSA) is 46.0 Å². The average molecular weight is 138 g/mol. The van der Waals surface area contributed by atoms with Gasteiger partial charge in [0, 0.05) is 25.0 Å². The minimum absolute atomic E-state index is 0.336. The van der Waals surface area contributed by atoms with Crippen LogP contribution in [0.1, 0.15) is 12.6 Å². The van der Waals surface area contributed by atoms with Crippen LogP contribution in [0.25, 0.3) is 0 Å². The largest absolute Gasteiger partial charge is 0.393 e. The second-order valence-corrected chi connectivity index (χ2v) is 2.25. The number of aliphatic hydroxyl groups is 1. The smallest absolute Gasteiger partial charge is 0.0612 e. The Balaban J connectivity index is 2.59. The van der Waals surface area contributed by atoms with Gasteiger partial charge in [0.25, 0.3) is 0 Å². The van der Waals surface area contributed by atoms with Crippen LogP contribution in [-0.2, 0) is 6.42 Å². The van der Waals surface area contributed by atoms with E-state index >= 15 is 0 Å². The summed E-state index contributed by atoms with van der Waals surface area (Å²) in [6, 6.07) is 0. The van der Waals surface area contributed by atoms with Gasteiger partial charge >= 0.3 is 0 Å². The van der Waals surface area contributed by atoms with Crippen molar-refractivity contribution in [3.63, 3.8) is 0 Å². The zero-order chi connectivity index (χ0) is 7.40. The summed E-state index contributed by atoms with van der Waals surface area (Å²) in [6.45, 7) is 1.73. The summed E-state index contributed by atoms with van der Waals surface area (Å²) in [6.07, 6.45) is 5.14. The minimum atomic E-state index is -0.336. The van der Waals surface area contributed by atoms with Crippen molar-refractivity contribution >= 4 is 0 Å². The first kappa shape index (κ1) is 7.15. The van der Waals surface area contributed by atoms with E-state index in [9.17, 15) is 0 Å². The normalized spacial score (nSPS) is 13.0. The zero-order valence-corrected chi connectivity index (χ0v) is 5.86. The summed E-state index contributed by atoms with van der Waals surface area (Å²) in [7, 11) is 0. The fourth-order valence-corrected chi connectivity index (χ4v) is 0.738. The monoisotopic (exact) mass is 138 g/mol. The van der Waals surface area contributed by atoms with Gasteiger partial charge in [-0.1, -0.05) is 0 Å². The lowest BCUT2D eigenvalue weighted by molar-refractivity contribution is 0.194. The van der Waals surface area contributed by atoms with E-state index in [4.69, 9.17) is 5.11 Å². The van der Waals surface area contributed by atoms with Gasteiger partial charge in [0.05, 0.1) is 11.8 Å². The fraction of sp³-hybridized carbons (Fsp3) is 0.429. The van der Waals surface area contributed by atoms with E-state index in [1.807, 2.05) is 0 Å². The molecule has 0 aromatic carbocycles. The second kappa shape index (κ2) is 3.27. The first-order valence-corrected chi connectivity index (χ1v) is 3.22. The number of aromatic nitrogens is 2. The first-order valence-electron chi connectivity index (χ1n) is 3.22. The molecule has 1 aromatic heterocycles. The average Bonchev–Trinajstić information content (AvgIpc) is 1.88. The molecule has 0 amide bonds. The molecule has 1 aromatic rings. The van der Waals surface area contributed by atoms with Crippen molar-refractivity contribution in [3.05, 3.63) is 24.3 Å². The van der Waals surface area contributed by atoms with E-state index in [2.05, 4.69) is 9.97 Å². The van der Waals surface area contributed by atoms with Gasteiger partial charge in [0.2, 0.25) is 0 Å². The van der Waals surface area contributed by atoms with Gasteiger partial charge in [-0.3, -0.25) is 9.97 Å². The van der Waals surface area contributed by atoms with Gasteiger partial charge in [0.15, 0.2) is 0 Å². The molecule has 54 valence electrons. The molecule has 0 saturated heterocycles. The van der Waals surface area contributed by atoms with E-state index in [0.717, 1.165) is 5.69 Å². The molecule has 1 heterocycles. The Morgan fingerprint density at radius 2 is 2.40 bits per heavy atom. The summed E-state index contributed by atoms with van der Waals surface area (Å²) in [5, 5.41) is 8.94. The van der Waals surface area contributed by atoms with Crippen LogP contribution in [0, 0.1) is 0 Å². The number of hydrogen-bond acceptors (Lipinski definition) is 3. The number of nitrogens with zero attached hydrogens (tertiary/aromatic N) is 2. The molecule has 0 fully saturated rings. The van der Waals surface area contributed by atoms with Crippen molar-refractivity contribution in [1.29, 1.82) is 0 Å². The molecule has 0 saturated carbocycles. The quantitative estimate of drug-likeness (QED) is 0.643. The minimum Gasteiger partial charge on any atom is -0.393 e. The molecule has 3 nitrogen and oxygen atoms in total. The van der Waals surface area contributed by atoms with Crippen LogP contribution in [-0.4, -0.2) is 21.2 Å². The first-order chi connectivity index (χ1) is 4.79. The Kier molecular flexibility index (Phi) is 2.34. The fourth-order valence-electron chi connectivity index (χ4n) is 0.738. The van der Waals surface area contributed by atoms with Gasteiger partial charge in [-0.05, 0) is 6.92 Å². The van der Waals surface area contributed by atoms with Crippen LogP contribution in [0.5, 0.6) is 0 Å². The highest BCUT2D eigenvalue weighted by Gasteiger charge is 1.97. The van der Waals surface area contributed by atoms with E-state index in [1.54, 1.807) is 25.5 Å². The van der Waals surface area contributed by atoms with Crippen molar-refractivity contribution in [2.24, 2.45) is 0 Å². The van der Waals surface area contributed by atoms with E-state index in [-0.39, 0.29) is 6.10 Å². The maximum atomic E-state index is 8.94. The van der Waals surface area contributed by atoms with Crippen molar-refractivity contribution in [3.8, 4) is 0 Å². The maximum absolute atomic E-state index is 8.94. The van der Waals surface area contributed by atoms with Crippen LogP contribution >= 0.6 is 0 Å². The predicted molar refractivity (Wildman–Crippen MR) is 37.4 cm³/mol. The van der Waals surface area contributed by atoms with Gasteiger partial charge in [-0.15, -0.1) is 0 Å². The summed E-state index contributed by atoms with van der Waals surface area (Å²) >= 11 is 0. The Morgan fingerprint density at radius 3 is 2.90 bits per heavy atom. The van der Waals surface area contributed by atoms with Crippen LogP contribution in [0.4, 0.5) is 0 Å². The Morgan fingerprint density at radius 1 is 1.60 bits per heavy atom. The second-order valence-electron chi connectivity index (χ2n) is 2.25. The van der Waals surface area contributed by atoms with Crippen LogP contribution in [0.3, 0.4) is 0 Å². The van der Waals surface area contributed by atoms with Gasteiger partial charge in [-0.2, -0.15) is 0 Å². The molecule has 3 heteroatoms. The van der Waals surface area contributed by atoms with Gasteiger partial charge in [-0.25, -0.2) is 0 Å². The standard InChI is InChI=1S/C7H10N2O/c1-6(10)4-7-5-8-2-3-9-7/h2-3,5-6,10H,4H2,1H3/t6-/m1/s1. The maximum Gasteiger partial charge on any atom is 0.0612 e. The van der Waals surface area contributed by atoms with Crippen molar-refractivity contribution < 1.29 is 5.11 Å². The van der Waals surface area contributed by atoms with Gasteiger partial charge in [0.1, 0.15) is 0 Å². The van der Waals surface area contributed by atoms with Crippen molar-refractivity contribution in [2.75, 3.05) is 0 Å². The SMILES string of the molecule is C[C@@H](O)Cc1cnccn1. The Hall–Kier alpha value is -0.960. The molecule has 0 aliphatic heterocycles. The Labute approximate surface area is 59.8 Å². The van der Waals surface area contributed by atoms with Gasteiger partial charge < -0.3 is 5.11 Å². The molecule has 0 unspecified atom stereocenters. The van der Waals surface area contributed by atoms with Crippen LogP contribution in [0.15, 0.2) is 18.6 Å². The highest BCUT2D eigenvalue weighted by molar-refractivity contribution is 4.95. The molecule has 0 radical (unpaired) electrons. The molecule has 0 aliphatic rings. The van der Waals surface area contributed by atoms with E-state index in [1.165, 1.54) is 0 Å². The molecular formula is C7H10N2O. The highest BCUT2D eigenvalue weighted by Crippen LogP contribution is 1.95. The third-order valence-corrected chi connectivity index (χ3v) is 1.12. The lowest BCUT2D eigenvalue weighted by atomic mass is 10.2. The summed E-state index contributed by atoms with van der Waals surface area (Å²) < 4.78 is 0. The van der Waals surface area contributed by atoms with Crippen LogP contribution < -0.4 is 0 Å². The zero-order valence-electron chi connectivity index (χ0n) is 5.86. The summed E-state index contributed by atoms with van der Waals surface area (Å²) in [5.74, 6) is 0. The molecule has 1 N–H and O–H groups in total. The molecule has 1 rings (SSSR count). The molecular weight excluding hydrogens is 128 g/mol. The lowest BCUT2D eigenvalue weighted by Gasteiger charge is -2.00. The summed E-state index contributed by atoms with van der Waals surface area (Å²) in [5.41, 5.74) is 0.831. The molecule has 0 bridgehead atoms. The lowest BCUT2D eigenvalue weighted by Crippen LogP contribution is -2.05. The molecule has 0 aliphatic carbocycles. The molecule has 0 spiro atoms. The number of rotatable bonds is 2. The van der Waals surface area contributed by atoms with Crippen molar-refractivity contribution in [1.82, 2.24) is 9.97 Å². The predicted octanol–water partition coefficient (Wildman–Crippen LogP) is 0.400. The molecule has 10 heavy (non-hydrogen) atoms. The molecule has 1 atom stereocenters. The van der Waals surface area contributed by atoms with E-state index < -0.39 is 0 Å². The number of hydrogen-bond donors (Lipinski definition) is 1.